The zero-order valence-corrected chi connectivity index (χ0v) is 12.1. The first-order valence-corrected chi connectivity index (χ1v) is 6.44. The van der Waals surface area contributed by atoms with Gasteiger partial charge in [-0.3, -0.25) is 0 Å². The fourth-order valence-electron chi connectivity index (χ4n) is 1.62. The molecule has 1 aromatic carbocycles. The molecule has 1 unspecified atom stereocenters. The van der Waals surface area contributed by atoms with Crippen molar-refractivity contribution in [1.82, 2.24) is 0 Å². The van der Waals surface area contributed by atoms with Gasteiger partial charge in [0.05, 0.1) is 18.2 Å². The summed E-state index contributed by atoms with van der Waals surface area (Å²) < 4.78 is 6.41. The maximum absolute atomic E-state index is 9.37. The third-order valence-electron chi connectivity index (χ3n) is 2.73. The van der Waals surface area contributed by atoms with Gasteiger partial charge in [-0.2, -0.15) is 0 Å². The highest BCUT2D eigenvalue weighted by Gasteiger charge is 2.22. The van der Waals surface area contributed by atoms with E-state index in [9.17, 15) is 5.11 Å². The van der Waals surface area contributed by atoms with Crippen molar-refractivity contribution in [3.05, 3.63) is 28.7 Å². The molecule has 4 heteroatoms. The topological polar surface area (TPSA) is 41.5 Å². The lowest BCUT2D eigenvalue weighted by atomic mass is 9.99. The molecule has 0 spiro atoms. The number of halogens is 1. The van der Waals surface area contributed by atoms with Crippen LogP contribution in [-0.4, -0.2) is 30.5 Å². The van der Waals surface area contributed by atoms with Crippen LogP contribution in [0.4, 0.5) is 5.69 Å². The Bertz CT molecular complexity index is 338. The minimum Gasteiger partial charge on any atom is -0.394 e. The summed E-state index contributed by atoms with van der Waals surface area (Å²) in [6.07, 6.45) is 0.746. The molecule has 0 aromatic heterocycles. The largest absolute Gasteiger partial charge is 0.394 e. The summed E-state index contributed by atoms with van der Waals surface area (Å²) in [5.41, 5.74) is 0.759. The van der Waals surface area contributed by atoms with E-state index in [1.165, 1.54) is 0 Å². The van der Waals surface area contributed by atoms with Gasteiger partial charge in [-0.25, -0.2) is 0 Å². The molecule has 17 heavy (non-hydrogen) atoms. The van der Waals surface area contributed by atoms with Crippen LogP contribution >= 0.6 is 15.9 Å². The van der Waals surface area contributed by atoms with Crippen LogP contribution in [0.5, 0.6) is 0 Å². The summed E-state index contributed by atoms with van der Waals surface area (Å²) in [6, 6.07) is 7.89. The molecule has 2 N–H and O–H groups in total. The first kappa shape index (κ1) is 14.5. The van der Waals surface area contributed by atoms with E-state index in [2.05, 4.69) is 21.2 Å². The molecule has 1 aromatic rings. The monoisotopic (exact) mass is 301 g/mol. The summed E-state index contributed by atoms with van der Waals surface area (Å²) in [7, 11) is 1.69. The molecule has 3 nitrogen and oxygen atoms in total. The van der Waals surface area contributed by atoms with Crippen LogP contribution in [-0.2, 0) is 4.74 Å². The Balaban J connectivity index is 2.61. The average molecular weight is 302 g/mol. The van der Waals surface area contributed by atoms with Crippen molar-refractivity contribution in [2.45, 2.75) is 31.9 Å². The fraction of sp³-hybridized carbons (Fsp3) is 0.538. The zero-order chi connectivity index (χ0) is 12.9. The molecule has 0 amide bonds. The average Bonchev–Trinajstić information content (AvgIpc) is 2.31. The number of aliphatic hydroxyl groups is 1. The third-order valence-corrected chi connectivity index (χ3v) is 3.25. The molecule has 1 rings (SSSR count). The minimum atomic E-state index is -0.240. The lowest BCUT2D eigenvalue weighted by molar-refractivity contribution is 0.00748. The molecule has 0 fully saturated rings. The van der Waals surface area contributed by atoms with Gasteiger partial charge < -0.3 is 15.2 Å². The van der Waals surface area contributed by atoms with Crippen molar-refractivity contribution in [2.75, 3.05) is 19.0 Å². The lowest BCUT2D eigenvalue weighted by Gasteiger charge is -2.28. The van der Waals surface area contributed by atoms with E-state index in [1.54, 1.807) is 7.11 Å². The SMILES string of the molecule is COC(C)(C)CC(CO)Nc1ccc(Br)cc1. The molecule has 0 saturated heterocycles. The first-order valence-electron chi connectivity index (χ1n) is 5.65. The van der Waals surface area contributed by atoms with Crippen molar-refractivity contribution in [1.29, 1.82) is 0 Å². The second kappa shape index (κ2) is 6.38. The van der Waals surface area contributed by atoms with E-state index in [1.807, 2.05) is 38.1 Å². The first-order chi connectivity index (χ1) is 7.96. The summed E-state index contributed by atoms with van der Waals surface area (Å²) >= 11 is 3.39. The summed E-state index contributed by atoms with van der Waals surface area (Å²) in [5.74, 6) is 0. The van der Waals surface area contributed by atoms with Crippen LogP contribution in [0.15, 0.2) is 28.7 Å². The van der Waals surface area contributed by atoms with Gasteiger partial charge in [-0.05, 0) is 44.5 Å². The fourth-order valence-corrected chi connectivity index (χ4v) is 1.88. The van der Waals surface area contributed by atoms with Crippen LogP contribution in [0.25, 0.3) is 0 Å². The number of methoxy groups -OCH3 is 1. The molecular formula is C13H20BrNO2. The Morgan fingerprint density at radius 2 is 1.94 bits per heavy atom. The second-order valence-electron chi connectivity index (χ2n) is 4.70. The summed E-state index contributed by atoms with van der Waals surface area (Å²) in [4.78, 5) is 0. The molecular weight excluding hydrogens is 282 g/mol. The maximum atomic E-state index is 9.37. The number of nitrogens with one attached hydrogen (secondary N) is 1. The van der Waals surface area contributed by atoms with Gasteiger partial charge in [-0.1, -0.05) is 15.9 Å². The van der Waals surface area contributed by atoms with E-state index in [4.69, 9.17) is 4.74 Å². The number of ether oxygens (including phenoxy) is 1. The molecule has 1 atom stereocenters. The Morgan fingerprint density at radius 3 is 2.41 bits per heavy atom. The molecule has 0 saturated carbocycles. The van der Waals surface area contributed by atoms with Crippen LogP contribution in [0.1, 0.15) is 20.3 Å². The molecule has 0 radical (unpaired) electrons. The number of anilines is 1. The number of hydrogen-bond donors (Lipinski definition) is 2. The number of benzene rings is 1. The van der Waals surface area contributed by atoms with Gasteiger partial charge in [0, 0.05) is 17.3 Å². The van der Waals surface area contributed by atoms with Crippen LogP contribution in [0.3, 0.4) is 0 Å². The summed E-state index contributed by atoms with van der Waals surface area (Å²) in [6.45, 7) is 4.11. The normalized spacial score (nSPS) is 13.5. The van der Waals surface area contributed by atoms with Crippen molar-refractivity contribution in [3.63, 3.8) is 0 Å². The van der Waals surface area contributed by atoms with Gasteiger partial charge in [0.2, 0.25) is 0 Å². The van der Waals surface area contributed by atoms with E-state index < -0.39 is 0 Å². The Labute approximate surface area is 111 Å². The third kappa shape index (κ3) is 5.06. The van der Waals surface area contributed by atoms with Gasteiger partial charge >= 0.3 is 0 Å². The Morgan fingerprint density at radius 1 is 1.35 bits per heavy atom. The number of aliphatic hydroxyl groups excluding tert-OH is 1. The lowest BCUT2D eigenvalue weighted by Crippen LogP contribution is -2.35. The van der Waals surface area contributed by atoms with Crippen molar-refractivity contribution < 1.29 is 9.84 Å². The zero-order valence-electron chi connectivity index (χ0n) is 10.5. The molecule has 0 bridgehead atoms. The quantitative estimate of drug-likeness (QED) is 0.848. The Hall–Kier alpha value is -0.580. The predicted octanol–water partition coefficient (Wildman–Crippen LogP) is 3.04. The van der Waals surface area contributed by atoms with E-state index in [0.29, 0.717) is 0 Å². The van der Waals surface area contributed by atoms with Crippen LogP contribution in [0.2, 0.25) is 0 Å². The Kier molecular flexibility index (Phi) is 5.43. The molecule has 0 aliphatic carbocycles. The van der Waals surface area contributed by atoms with Crippen molar-refractivity contribution >= 4 is 21.6 Å². The van der Waals surface area contributed by atoms with E-state index in [0.717, 1.165) is 16.6 Å². The standard InChI is InChI=1S/C13H20BrNO2/c1-13(2,17-3)8-12(9-16)15-11-6-4-10(14)5-7-11/h4-7,12,15-16H,8-9H2,1-3H3. The minimum absolute atomic E-state index is 0.00822. The smallest absolute Gasteiger partial charge is 0.0643 e. The number of hydrogen-bond acceptors (Lipinski definition) is 3. The maximum Gasteiger partial charge on any atom is 0.0643 e. The van der Waals surface area contributed by atoms with Gasteiger partial charge in [0.15, 0.2) is 0 Å². The predicted molar refractivity (Wildman–Crippen MR) is 74.3 cm³/mol. The van der Waals surface area contributed by atoms with E-state index >= 15 is 0 Å². The number of rotatable bonds is 6. The van der Waals surface area contributed by atoms with Gasteiger partial charge in [-0.15, -0.1) is 0 Å². The highest BCUT2D eigenvalue weighted by Crippen LogP contribution is 2.20. The van der Waals surface area contributed by atoms with Crippen LogP contribution in [0, 0.1) is 0 Å². The second-order valence-corrected chi connectivity index (χ2v) is 5.61. The molecule has 0 aliphatic heterocycles. The van der Waals surface area contributed by atoms with Crippen molar-refractivity contribution in [2.24, 2.45) is 0 Å². The highest BCUT2D eigenvalue weighted by molar-refractivity contribution is 9.10. The molecule has 96 valence electrons. The highest BCUT2D eigenvalue weighted by atomic mass is 79.9. The van der Waals surface area contributed by atoms with Crippen LogP contribution < -0.4 is 5.32 Å². The van der Waals surface area contributed by atoms with E-state index in [-0.39, 0.29) is 18.2 Å². The molecule has 0 heterocycles. The van der Waals surface area contributed by atoms with Gasteiger partial charge in [0.25, 0.3) is 0 Å². The summed E-state index contributed by atoms with van der Waals surface area (Å²) in [5, 5.41) is 12.7. The van der Waals surface area contributed by atoms with Gasteiger partial charge in [0.1, 0.15) is 0 Å². The van der Waals surface area contributed by atoms with Crippen molar-refractivity contribution in [3.8, 4) is 0 Å². The molecule has 0 aliphatic rings.